The van der Waals surface area contributed by atoms with Crippen molar-refractivity contribution in [3.8, 4) is 6.19 Å². The number of nitriles is 1. The molecule has 16 heavy (non-hydrogen) atoms. The quantitative estimate of drug-likeness (QED) is 0.219. The number of rotatable bonds is 5. The van der Waals surface area contributed by atoms with Gasteiger partial charge in [-0.15, -0.1) is 11.3 Å². The number of nitrogens with one attached hydrogen (secondary N) is 3. The van der Waals surface area contributed by atoms with E-state index < -0.39 is 0 Å². The average Bonchev–Trinajstić information content (AvgIpc) is 2.80. The second-order valence-corrected chi connectivity index (χ2v) is 3.80. The second-order valence-electron chi connectivity index (χ2n) is 2.82. The molecule has 0 atom stereocenters. The summed E-state index contributed by atoms with van der Waals surface area (Å²) >= 11 is 1.62. The van der Waals surface area contributed by atoms with E-state index in [4.69, 9.17) is 5.26 Å². The number of guanidine groups is 1. The monoisotopic (exact) mass is 238 g/mol. The van der Waals surface area contributed by atoms with E-state index in [-0.39, 0.29) is 0 Å². The van der Waals surface area contributed by atoms with Crippen molar-refractivity contribution in [1.29, 1.82) is 5.26 Å². The van der Waals surface area contributed by atoms with Gasteiger partial charge >= 0.3 is 0 Å². The first-order valence-electron chi connectivity index (χ1n) is 4.83. The van der Waals surface area contributed by atoms with Gasteiger partial charge in [0.2, 0.25) is 5.96 Å². The summed E-state index contributed by atoms with van der Waals surface area (Å²) in [5.74, 6) is 0.485. The van der Waals surface area contributed by atoms with Crippen molar-refractivity contribution in [3.05, 3.63) is 16.6 Å². The molecule has 0 aliphatic rings. The Bertz CT molecular complexity index is 353. The third-order valence-electron chi connectivity index (χ3n) is 1.73. The van der Waals surface area contributed by atoms with Crippen LogP contribution in [0.25, 0.3) is 0 Å². The van der Waals surface area contributed by atoms with Crippen molar-refractivity contribution < 1.29 is 0 Å². The molecule has 0 radical (unpaired) electrons. The van der Waals surface area contributed by atoms with Gasteiger partial charge in [-0.1, -0.05) is 0 Å². The highest BCUT2D eigenvalue weighted by Crippen LogP contribution is 2.01. The third kappa shape index (κ3) is 4.72. The molecule has 0 bridgehead atoms. The predicted molar refractivity (Wildman–Crippen MR) is 63.9 cm³/mol. The lowest BCUT2D eigenvalue weighted by atomic mass is 10.6. The summed E-state index contributed by atoms with van der Waals surface area (Å²) < 4.78 is 0. The van der Waals surface area contributed by atoms with Gasteiger partial charge in [-0.05, 0) is 0 Å². The number of hydrogen-bond donors (Lipinski definition) is 3. The molecular weight excluding hydrogens is 224 g/mol. The molecule has 7 heteroatoms. The Kier molecular flexibility index (Phi) is 5.91. The van der Waals surface area contributed by atoms with E-state index in [9.17, 15) is 0 Å². The molecular formula is C9H14N6S. The number of nitrogens with zero attached hydrogens (tertiary/aromatic N) is 3. The van der Waals surface area contributed by atoms with Gasteiger partial charge in [-0.2, -0.15) is 5.26 Å². The molecule has 1 aromatic rings. The first-order valence-corrected chi connectivity index (χ1v) is 5.71. The van der Waals surface area contributed by atoms with Gasteiger partial charge in [0.05, 0.1) is 6.54 Å². The first kappa shape index (κ1) is 12.4. The molecule has 1 aromatic heterocycles. The minimum absolute atomic E-state index is 0.485. The molecule has 6 nitrogen and oxygen atoms in total. The molecule has 0 amide bonds. The van der Waals surface area contributed by atoms with Crippen LogP contribution in [0.2, 0.25) is 0 Å². The Morgan fingerprint density at radius 1 is 1.69 bits per heavy atom. The number of aliphatic imine (C=N–C) groups is 1. The summed E-state index contributed by atoms with van der Waals surface area (Å²) in [5, 5.41) is 19.8. The van der Waals surface area contributed by atoms with Crippen molar-refractivity contribution in [1.82, 2.24) is 20.9 Å². The van der Waals surface area contributed by atoms with E-state index in [1.54, 1.807) is 24.6 Å². The minimum Gasteiger partial charge on any atom is -0.359 e. The maximum absolute atomic E-state index is 8.39. The van der Waals surface area contributed by atoms with Gasteiger partial charge in [0.15, 0.2) is 6.19 Å². The second kappa shape index (κ2) is 7.62. The molecule has 0 aromatic carbocycles. The normalized spacial score (nSPS) is 10.9. The lowest BCUT2D eigenvalue weighted by molar-refractivity contribution is 0.690. The van der Waals surface area contributed by atoms with Gasteiger partial charge in [0.1, 0.15) is 5.01 Å². The molecule has 0 saturated carbocycles. The third-order valence-corrected chi connectivity index (χ3v) is 2.51. The minimum atomic E-state index is 0.485. The van der Waals surface area contributed by atoms with Crippen LogP contribution >= 0.6 is 11.3 Å². The molecule has 1 rings (SSSR count). The Labute approximate surface area is 98.4 Å². The van der Waals surface area contributed by atoms with Crippen LogP contribution in [0.15, 0.2) is 16.6 Å². The highest BCUT2D eigenvalue weighted by Gasteiger charge is 1.94. The summed E-state index contributed by atoms with van der Waals surface area (Å²) in [4.78, 5) is 8.29. The van der Waals surface area contributed by atoms with Gasteiger partial charge in [-0.3, -0.25) is 10.3 Å². The summed E-state index contributed by atoms with van der Waals surface area (Å²) in [7, 11) is 1.71. The fourth-order valence-corrected chi connectivity index (χ4v) is 1.60. The standard InChI is InChI=1S/C9H14N6S/c1-11-9(15-7-10)14-3-2-12-6-8-13-4-5-16-8/h4-5,12H,2-3,6H2,1H3,(H2,11,14,15). The smallest absolute Gasteiger partial charge is 0.204 e. The lowest BCUT2D eigenvalue weighted by Crippen LogP contribution is -2.32. The molecule has 86 valence electrons. The molecule has 0 fully saturated rings. The highest BCUT2D eigenvalue weighted by molar-refractivity contribution is 7.09. The number of hydrogen-bond acceptors (Lipinski definition) is 5. The van der Waals surface area contributed by atoms with Crippen LogP contribution in [0.3, 0.4) is 0 Å². The van der Waals surface area contributed by atoms with E-state index in [0.29, 0.717) is 12.5 Å². The summed E-state index contributed by atoms with van der Waals surface area (Å²) in [5.41, 5.74) is 0. The molecule has 3 N–H and O–H groups in total. The van der Waals surface area contributed by atoms with E-state index in [1.807, 2.05) is 11.6 Å². The van der Waals surface area contributed by atoms with Crippen molar-refractivity contribution in [2.45, 2.75) is 6.54 Å². The zero-order valence-electron chi connectivity index (χ0n) is 9.03. The molecule has 0 spiro atoms. The predicted octanol–water partition coefficient (Wildman–Crippen LogP) is -0.121. The number of aromatic nitrogens is 1. The summed E-state index contributed by atoms with van der Waals surface area (Å²) in [6.45, 7) is 2.11. The van der Waals surface area contributed by atoms with Crippen molar-refractivity contribution >= 4 is 17.3 Å². The maximum atomic E-state index is 8.39. The van der Waals surface area contributed by atoms with Crippen LogP contribution in [-0.4, -0.2) is 31.1 Å². The Morgan fingerprint density at radius 3 is 3.19 bits per heavy atom. The lowest BCUT2D eigenvalue weighted by Gasteiger charge is -2.03. The molecule has 0 aliphatic carbocycles. The van der Waals surface area contributed by atoms with Crippen LogP contribution in [0.5, 0.6) is 0 Å². The Hall–Kier alpha value is -1.65. The maximum Gasteiger partial charge on any atom is 0.204 e. The summed E-state index contributed by atoms with van der Waals surface area (Å²) in [6.07, 6.45) is 3.60. The largest absolute Gasteiger partial charge is 0.359 e. The Morgan fingerprint density at radius 2 is 2.56 bits per heavy atom. The zero-order valence-corrected chi connectivity index (χ0v) is 9.84. The first-order chi connectivity index (χ1) is 7.86. The number of thiazole rings is 1. The average molecular weight is 238 g/mol. The van der Waals surface area contributed by atoms with Crippen molar-refractivity contribution in [2.24, 2.45) is 4.99 Å². The van der Waals surface area contributed by atoms with Gasteiger partial charge < -0.3 is 10.6 Å². The van der Waals surface area contributed by atoms with E-state index in [2.05, 4.69) is 25.9 Å². The van der Waals surface area contributed by atoms with Crippen LogP contribution in [0, 0.1) is 11.5 Å². The summed E-state index contributed by atoms with van der Waals surface area (Å²) in [6, 6.07) is 0. The van der Waals surface area contributed by atoms with Crippen LogP contribution in [-0.2, 0) is 6.54 Å². The molecule has 0 saturated heterocycles. The van der Waals surface area contributed by atoms with E-state index >= 15 is 0 Å². The fourth-order valence-electron chi connectivity index (χ4n) is 1.02. The van der Waals surface area contributed by atoms with Crippen molar-refractivity contribution in [2.75, 3.05) is 20.1 Å². The van der Waals surface area contributed by atoms with E-state index in [1.165, 1.54) is 0 Å². The van der Waals surface area contributed by atoms with Gasteiger partial charge in [-0.25, -0.2) is 4.98 Å². The molecule has 1 heterocycles. The van der Waals surface area contributed by atoms with Crippen LogP contribution in [0.4, 0.5) is 0 Å². The zero-order chi connectivity index (χ0) is 11.6. The van der Waals surface area contributed by atoms with Crippen LogP contribution < -0.4 is 16.0 Å². The van der Waals surface area contributed by atoms with Crippen molar-refractivity contribution in [3.63, 3.8) is 0 Å². The van der Waals surface area contributed by atoms with Gasteiger partial charge in [0.25, 0.3) is 0 Å². The SMILES string of the molecule is CN/C(=N/CCNCc1nccs1)NC#N. The van der Waals surface area contributed by atoms with Gasteiger partial charge in [0, 0.05) is 31.7 Å². The molecule has 0 unspecified atom stereocenters. The van der Waals surface area contributed by atoms with E-state index in [0.717, 1.165) is 18.1 Å². The molecule has 0 aliphatic heterocycles. The Balaban J connectivity index is 2.13. The topological polar surface area (TPSA) is 85.1 Å². The highest BCUT2D eigenvalue weighted by atomic mass is 32.1. The fraction of sp³-hybridized carbons (Fsp3) is 0.444. The van der Waals surface area contributed by atoms with Crippen LogP contribution in [0.1, 0.15) is 5.01 Å².